The number of fused-ring (bicyclic) bond motifs is 2. The van der Waals surface area contributed by atoms with Gasteiger partial charge in [-0.25, -0.2) is 15.4 Å². The molecule has 1 aromatic heterocycles. The highest BCUT2D eigenvalue weighted by Crippen LogP contribution is 2.36. The molecule has 2 atom stereocenters. The summed E-state index contributed by atoms with van der Waals surface area (Å²) in [5, 5.41) is 1.40. The number of halogens is 2. The molecule has 0 spiro atoms. The number of rotatable bonds is 9. The first-order valence-corrected chi connectivity index (χ1v) is 14.7. The van der Waals surface area contributed by atoms with Crippen molar-refractivity contribution in [3.8, 4) is 6.01 Å². The van der Waals surface area contributed by atoms with E-state index in [2.05, 4.69) is 16.3 Å². The Morgan fingerprint density at radius 1 is 1.16 bits per heavy atom. The van der Waals surface area contributed by atoms with Crippen molar-refractivity contribution in [2.45, 2.75) is 51.0 Å². The van der Waals surface area contributed by atoms with Gasteiger partial charge in [-0.2, -0.15) is 9.97 Å². The highest BCUT2D eigenvalue weighted by atomic mass is 19.1. The number of nitrogens with zero attached hydrogens (tertiary/aromatic N) is 6. The first-order valence-electron chi connectivity index (χ1n) is 14.7. The van der Waals surface area contributed by atoms with Gasteiger partial charge in [0.05, 0.1) is 24.9 Å². The maximum Gasteiger partial charge on any atom is 0.319 e. The van der Waals surface area contributed by atoms with Crippen LogP contribution in [0.15, 0.2) is 48.8 Å². The van der Waals surface area contributed by atoms with E-state index in [1.165, 1.54) is 11.0 Å². The highest BCUT2D eigenvalue weighted by Gasteiger charge is 2.36. The van der Waals surface area contributed by atoms with E-state index in [1.54, 1.807) is 6.07 Å². The number of ether oxygens (including phenoxy) is 2. The number of hydrogen-bond donors (Lipinski definition) is 0. The third kappa shape index (κ3) is 6.11. The van der Waals surface area contributed by atoms with Crippen LogP contribution in [0.4, 0.5) is 20.3 Å². The molecule has 2 aromatic carbocycles. The Bertz CT molecular complexity index is 1580. The molecule has 3 aliphatic rings. The van der Waals surface area contributed by atoms with E-state index in [-0.39, 0.29) is 31.0 Å². The maximum absolute atomic E-state index is 15.0. The van der Waals surface area contributed by atoms with Gasteiger partial charge >= 0.3 is 6.01 Å². The smallest absolute Gasteiger partial charge is 0.319 e. The molecular weight excluding hydrogens is 554 g/mol. The van der Waals surface area contributed by atoms with E-state index in [9.17, 15) is 9.18 Å². The normalized spacial score (nSPS) is 19.1. The maximum atomic E-state index is 15.0. The van der Waals surface area contributed by atoms with Crippen LogP contribution in [0.5, 0.6) is 6.01 Å². The minimum absolute atomic E-state index is 0.0299. The van der Waals surface area contributed by atoms with Gasteiger partial charge in [-0.15, -0.1) is 0 Å². The number of piperazine rings is 1. The third-order valence-corrected chi connectivity index (χ3v) is 8.17. The standard InChI is InChI=1S/C32H34F2N6O3/c1-20(19-42-24-10-11-24)43-32-36-27-18-38(28-9-5-7-22-6-4-8-26(34)29(22)28)13-12-25(27)30(37-32)39-14-15-40(31(41)21(2)33)23(17-39)16-35-3/h4-9,20,23-24H,2,10-19H2,1H3/t20-,23+/m1/s1. The molecule has 3 heterocycles. The van der Waals surface area contributed by atoms with E-state index in [1.807, 2.05) is 36.1 Å². The second-order valence-corrected chi connectivity index (χ2v) is 11.3. The van der Waals surface area contributed by atoms with Crippen molar-refractivity contribution < 1.29 is 23.0 Å². The fourth-order valence-electron chi connectivity index (χ4n) is 5.90. The van der Waals surface area contributed by atoms with Crippen molar-refractivity contribution in [2.24, 2.45) is 0 Å². The van der Waals surface area contributed by atoms with Gasteiger partial charge in [0.25, 0.3) is 5.91 Å². The lowest BCUT2D eigenvalue weighted by Gasteiger charge is -2.41. The van der Waals surface area contributed by atoms with Crippen LogP contribution >= 0.6 is 0 Å². The second kappa shape index (κ2) is 12.1. The Hall–Kier alpha value is -4.30. The molecule has 0 unspecified atom stereocenters. The molecule has 1 aliphatic carbocycles. The zero-order valence-corrected chi connectivity index (χ0v) is 24.1. The van der Waals surface area contributed by atoms with Gasteiger partial charge in [0.15, 0.2) is 5.83 Å². The van der Waals surface area contributed by atoms with Crippen LogP contribution in [0, 0.1) is 12.4 Å². The van der Waals surface area contributed by atoms with E-state index < -0.39 is 17.8 Å². The van der Waals surface area contributed by atoms with Gasteiger partial charge in [-0.1, -0.05) is 30.8 Å². The van der Waals surface area contributed by atoms with Crippen LogP contribution in [0.25, 0.3) is 15.6 Å². The number of aromatic nitrogens is 2. The van der Waals surface area contributed by atoms with Crippen molar-refractivity contribution in [3.05, 3.63) is 77.3 Å². The Balaban J connectivity index is 1.33. The minimum atomic E-state index is -1.04. The van der Waals surface area contributed by atoms with Gasteiger partial charge in [0.2, 0.25) is 6.54 Å². The Kier molecular flexibility index (Phi) is 8.13. The van der Waals surface area contributed by atoms with Crippen molar-refractivity contribution in [2.75, 3.05) is 49.1 Å². The Labute approximate surface area is 249 Å². The zero-order chi connectivity index (χ0) is 30.1. The predicted octanol–water partition coefficient (Wildman–Crippen LogP) is 4.70. The van der Waals surface area contributed by atoms with E-state index in [4.69, 9.17) is 26.0 Å². The number of hydrogen-bond acceptors (Lipinski definition) is 7. The number of carbonyl (C=O) groups is 1. The molecule has 2 aliphatic heterocycles. The summed E-state index contributed by atoms with van der Waals surface area (Å²) in [6.45, 7) is 14.9. The van der Waals surface area contributed by atoms with E-state index in [0.29, 0.717) is 56.5 Å². The molecule has 0 bridgehead atoms. The summed E-state index contributed by atoms with van der Waals surface area (Å²) < 4.78 is 40.8. The molecule has 1 amide bonds. The number of benzene rings is 2. The van der Waals surface area contributed by atoms with Crippen molar-refractivity contribution in [1.29, 1.82) is 0 Å². The van der Waals surface area contributed by atoms with Crippen LogP contribution in [0.1, 0.15) is 31.0 Å². The first-order chi connectivity index (χ1) is 20.8. The topological polar surface area (TPSA) is 75.4 Å². The van der Waals surface area contributed by atoms with Crippen LogP contribution in [-0.4, -0.2) is 78.4 Å². The van der Waals surface area contributed by atoms with Gasteiger partial charge in [0, 0.05) is 42.8 Å². The fourth-order valence-corrected chi connectivity index (χ4v) is 5.90. The van der Waals surface area contributed by atoms with Crippen molar-refractivity contribution in [1.82, 2.24) is 14.9 Å². The van der Waals surface area contributed by atoms with Crippen LogP contribution in [-0.2, 0) is 22.5 Å². The molecule has 43 heavy (non-hydrogen) atoms. The summed E-state index contributed by atoms with van der Waals surface area (Å²) in [5.41, 5.74) is 2.51. The number of amides is 1. The summed E-state index contributed by atoms with van der Waals surface area (Å²) in [4.78, 5) is 31.2. The molecule has 9 nitrogen and oxygen atoms in total. The summed E-state index contributed by atoms with van der Waals surface area (Å²) in [6, 6.07) is 10.5. The monoisotopic (exact) mass is 588 g/mol. The van der Waals surface area contributed by atoms with E-state index in [0.717, 1.165) is 35.2 Å². The summed E-state index contributed by atoms with van der Waals surface area (Å²) in [7, 11) is 0. The van der Waals surface area contributed by atoms with Crippen LogP contribution < -0.4 is 14.5 Å². The molecule has 0 radical (unpaired) electrons. The predicted molar refractivity (Wildman–Crippen MR) is 159 cm³/mol. The molecule has 2 fully saturated rings. The average Bonchev–Trinajstić information content (AvgIpc) is 3.84. The largest absolute Gasteiger partial charge is 0.458 e. The first kappa shape index (κ1) is 28.8. The number of anilines is 2. The molecule has 3 aromatic rings. The summed E-state index contributed by atoms with van der Waals surface area (Å²) >= 11 is 0. The summed E-state index contributed by atoms with van der Waals surface area (Å²) in [5.74, 6) is -1.42. The molecule has 224 valence electrons. The van der Waals surface area contributed by atoms with Gasteiger partial charge in [-0.05, 0) is 43.7 Å². The van der Waals surface area contributed by atoms with Crippen LogP contribution in [0.2, 0.25) is 0 Å². The van der Waals surface area contributed by atoms with Gasteiger partial charge < -0.3 is 29.0 Å². The van der Waals surface area contributed by atoms with Crippen LogP contribution in [0.3, 0.4) is 0 Å². The van der Waals surface area contributed by atoms with Gasteiger partial charge in [-0.3, -0.25) is 4.79 Å². The second-order valence-electron chi connectivity index (χ2n) is 11.3. The zero-order valence-electron chi connectivity index (χ0n) is 24.1. The molecule has 6 rings (SSSR count). The molecular formula is C32H34F2N6O3. The number of carbonyl (C=O) groups excluding carboxylic acids is 1. The minimum Gasteiger partial charge on any atom is -0.458 e. The molecule has 1 saturated carbocycles. The van der Waals surface area contributed by atoms with E-state index >= 15 is 4.39 Å². The fraction of sp³-hybridized carbons (Fsp3) is 0.438. The average molecular weight is 589 g/mol. The lowest BCUT2D eigenvalue weighted by molar-refractivity contribution is -0.131. The third-order valence-electron chi connectivity index (χ3n) is 8.17. The summed E-state index contributed by atoms with van der Waals surface area (Å²) in [6.07, 6.45) is 2.74. The lowest BCUT2D eigenvalue weighted by atomic mass is 10.0. The SMILES string of the molecule is [C-]#[N+]C[C@H]1CN(c2nc(O[C@H](C)COC3CC3)nc3c2CCN(c2cccc4cccc(F)c24)C3)CCN1C(=O)C(=C)F. The molecule has 11 heteroatoms. The Morgan fingerprint density at radius 2 is 1.95 bits per heavy atom. The van der Waals surface area contributed by atoms with Gasteiger partial charge in [0.1, 0.15) is 23.8 Å². The molecule has 0 N–H and O–H groups in total. The quantitative estimate of drug-likeness (QED) is 0.265. The lowest BCUT2D eigenvalue weighted by Crippen LogP contribution is -2.57. The Morgan fingerprint density at radius 3 is 2.70 bits per heavy atom. The molecule has 1 saturated heterocycles. The van der Waals surface area contributed by atoms with Crippen molar-refractivity contribution >= 4 is 28.2 Å². The van der Waals surface area contributed by atoms with Crippen molar-refractivity contribution in [3.63, 3.8) is 0 Å². The highest BCUT2D eigenvalue weighted by molar-refractivity contribution is 5.95.